The van der Waals surface area contributed by atoms with Crippen molar-refractivity contribution in [1.29, 1.82) is 0 Å². The number of nitrogens with two attached hydrogens (primary N) is 1. The molecule has 0 saturated heterocycles. The van der Waals surface area contributed by atoms with E-state index in [0.29, 0.717) is 17.6 Å². The largest absolute Gasteiger partial charge is 0.339 e. The van der Waals surface area contributed by atoms with Crippen LogP contribution in [0.1, 0.15) is 44.1 Å². The van der Waals surface area contributed by atoms with Gasteiger partial charge in [0.05, 0.1) is 0 Å². The van der Waals surface area contributed by atoms with Gasteiger partial charge in [0.25, 0.3) is 0 Å². The highest BCUT2D eigenvalue weighted by atomic mass is 35.5. The summed E-state index contributed by atoms with van der Waals surface area (Å²) in [5, 5.41) is 4.11. The lowest BCUT2D eigenvalue weighted by atomic mass is 9.83. The van der Waals surface area contributed by atoms with Crippen LogP contribution in [0.15, 0.2) is 28.8 Å². The number of benzene rings is 1. The molecule has 2 N–H and O–H groups in total. The molecule has 1 saturated carbocycles. The van der Waals surface area contributed by atoms with Crippen molar-refractivity contribution in [2.75, 3.05) is 0 Å². The fraction of sp³-hybridized carbons (Fsp3) is 0.529. The van der Waals surface area contributed by atoms with Crippen LogP contribution >= 0.6 is 12.4 Å². The minimum Gasteiger partial charge on any atom is -0.339 e. The molecule has 2 atom stereocenters. The Labute approximate surface area is 137 Å². The molecule has 3 rings (SSSR count). The molecule has 1 aliphatic carbocycles. The zero-order valence-electron chi connectivity index (χ0n) is 13.0. The van der Waals surface area contributed by atoms with E-state index in [0.717, 1.165) is 24.8 Å². The summed E-state index contributed by atoms with van der Waals surface area (Å²) in [5.74, 6) is 1.87. The van der Waals surface area contributed by atoms with Gasteiger partial charge in [-0.2, -0.15) is 4.98 Å². The van der Waals surface area contributed by atoms with Gasteiger partial charge in [0.15, 0.2) is 0 Å². The van der Waals surface area contributed by atoms with E-state index in [4.69, 9.17) is 10.3 Å². The fourth-order valence-electron chi connectivity index (χ4n) is 3.06. The number of halogens is 1. The third-order valence-electron chi connectivity index (χ3n) is 4.49. The van der Waals surface area contributed by atoms with Crippen LogP contribution < -0.4 is 5.73 Å². The average Bonchev–Trinajstić information content (AvgIpc) is 2.98. The van der Waals surface area contributed by atoms with Crippen LogP contribution in [0.4, 0.5) is 0 Å². The molecule has 1 aromatic heterocycles. The van der Waals surface area contributed by atoms with Crippen molar-refractivity contribution in [3.05, 3.63) is 35.7 Å². The standard InChI is InChI=1S/C17H23N3O.ClH/c1-2-12-7-9-13(10-8-12)17-19-16(21-20-17)11-14-5-3-4-6-15(14)18;/h7-10,14-15H,2-6,11,18H2,1H3;1H. The third-order valence-corrected chi connectivity index (χ3v) is 4.49. The molecule has 4 nitrogen and oxygen atoms in total. The predicted octanol–water partition coefficient (Wildman–Crippen LogP) is 3.78. The number of aryl methyl sites for hydroxylation is 1. The Morgan fingerprint density at radius 1 is 1.18 bits per heavy atom. The fourth-order valence-corrected chi connectivity index (χ4v) is 3.06. The van der Waals surface area contributed by atoms with E-state index in [1.807, 2.05) is 0 Å². The summed E-state index contributed by atoms with van der Waals surface area (Å²) in [6.07, 6.45) is 6.64. The smallest absolute Gasteiger partial charge is 0.227 e. The van der Waals surface area contributed by atoms with Gasteiger partial charge < -0.3 is 10.3 Å². The molecule has 1 heterocycles. The number of hydrogen-bond donors (Lipinski definition) is 1. The van der Waals surface area contributed by atoms with Gasteiger partial charge in [-0.25, -0.2) is 0 Å². The molecule has 0 spiro atoms. The van der Waals surface area contributed by atoms with Gasteiger partial charge in [-0.15, -0.1) is 12.4 Å². The number of nitrogens with zero attached hydrogens (tertiary/aromatic N) is 2. The molecular weight excluding hydrogens is 298 g/mol. The van der Waals surface area contributed by atoms with Crippen LogP contribution in [0.25, 0.3) is 11.4 Å². The lowest BCUT2D eigenvalue weighted by Crippen LogP contribution is -2.34. The highest BCUT2D eigenvalue weighted by Gasteiger charge is 2.24. The topological polar surface area (TPSA) is 64.9 Å². The second-order valence-electron chi connectivity index (χ2n) is 5.97. The van der Waals surface area contributed by atoms with Crippen molar-refractivity contribution >= 4 is 12.4 Å². The molecule has 1 aromatic carbocycles. The molecule has 0 amide bonds. The van der Waals surface area contributed by atoms with E-state index in [1.54, 1.807) is 0 Å². The van der Waals surface area contributed by atoms with E-state index in [1.165, 1.54) is 24.8 Å². The monoisotopic (exact) mass is 321 g/mol. The summed E-state index contributed by atoms with van der Waals surface area (Å²) < 4.78 is 5.41. The SMILES string of the molecule is CCc1ccc(-c2noc(CC3CCCCC3N)n2)cc1.Cl. The van der Waals surface area contributed by atoms with Crippen LogP contribution in [0, 0.1) is 5.92 Å². The summed E-state index contributed by atoms with van der Waals surface area (Å²) >= 11 is 0. The number of aromatic nitrogens is 2. The van der Waals surface area contributed by atoms with Crippen molar-refractivity contribution in [2.45, 2.75) is 51.5 Å². The van der Waals surface area contributed by atoms with E-state index >= 15 is 0 Å². The highest BCUT2D eigenvalue weighted by molar-refractivity contribution is 5.85. The molecule has 0 radical (unpaired) electrons. The summed E-state index contributed by atoms with van der Waals surface area (Å²) in [4.78, 5) is 4.53. The van der Waals surface area contributed by atoms with Crippen molar-refractivity contribution in [3.8, 4) is 11.4 Å². The first-order valence-corrected chi connectivity index (χ1v) is 7.93. The Hall–Kier alpha value is -1.39. The third kappa shape index (κ3) is 3.87. The summed E-state index contributed by atoms with van der Waals surface area (Å²) in [7, 11) is 0. The molecule has 0 aliphatic heterocycles. The van der Waals surface area contributed by atoms with Gasteiger partial charge in [0.1, 0.15) is 0 Å². The Kier molecular flexibility index (Phi) is 5.98. The lowest BCUT2D eigenvalue weighted by Gasteiger charge is -2.27. The second kappa shape index (κ2) is 7.75. The van der Waals surface area contributed by atoms with Crippen molar-refractivity contribution in [2.24, 2.45) is 11.7 Å². The van der Waals surface area contributed by atoms with E-state index in [-0.39, 0.29) is 18.4 Å². The van der Waals surface area contributed by atoms with Gasteiger partial charge in [-0.3, -0.25) is 0 Å². The van der Waals surface area contributed by atoms with Crippen LogP contribution in [-0.4, -0.2) is 16.2 Å². The van der Waals surface area contributed by atoms with Crippen molar-refractivity contribution in [3.63, 3.8) is 0 Å². The van der Waals surface area contributed by atoms with E-state index in [9.17, 15) is 0 Å². The minimum absolute atomic E-state index is 0. The maximum absolute atomic E-state index is 6.19. The molecule has 2 aromatic rings. The van der Waals surface area contributed by atoms with E-state index < -0.39 is 0 Å². The second-order valence-corrected chi connectivity index (χ2v) is 5.97. The van der Waals surface area contributed by atoms with Crippen LogP contribution in [-0.2, 0) is 12.8 Å². The van der Waals surface area contributed by atoms with E-state index in [2.05, 4.69) is 41.3 Å². The molecule has 0 bridgehead atoms. The molecular formula is C17H24ClN3O. The Morgan fingerprint density at radius 3 is 2.59 bits per heavy atom. The number of rotatable bonds is 4. The van der Waals surface area contributed by atoms with Crippen molar-refractivity contribution < 1.29 is 4.52 Å². The van der Waals surface area contributed by atoms with Gasteiger partial charge in [-0.05, 0) is 30.7 Å². The first-order chi connectivity index (χ1) is 10.3. The Balaban J connectivity index is 0.00000176. The summed E-state index contributed by atoms with van der Waals surface area (Å²) in [6.45, 7) is 2.15. The van der Waals surface area contributed by atoms with Gasteiger partial charge in [0, 0.05) is 18.0 Å². The molecule has 1 fully saturated rings. The summed E-state index contributed by atoms with van der Waals surface area (Å²) in [5.41, 5.74) is 8.51. The van der Waals surface area contributed by atoms with Crippen LogP contribution in [0.3, 0.4) is 0 Å². The molecule has 120 valence electrons. The first-order valence-electron chi connectivity index (χ1n) is 7.93. The predicted molar refractivity (Wildman–Crippen MR) is 90.0 cm³/mol. The molecule has 5 heteroatoms. The quantitative estimate of drug-likeness (QED) is 0.930. The Bertz CT molecular complexity index is 582. The Morgan fingerprint density at radius 2 is 1.91 bits per heavy atom. The number of hydrogen-bond acceptors (Lipinski definition) is 4. The van der Waals surface area contributed by atoms with Gasteiger partial charge in [0.2, 0.25) is 11.7 Å². The zero-order chi connectivity index (χ0) is 14.7. The zero-order valence-corrected chi connectivity index (χ0v) is 13.8. The molecule has 22 heavy (non-hydrogen) atoms. The van der Waals surface area contributed by atoms with Crippen LogP contribution in [0.5, 0.6) is 0 Å². The maximum atomic E-state index is 6.19. The minimum atomic E-state index is 0. The average molecular weight is 322 g/mol. The lowest BCUT2D eigenvalue weighted by molar-refractivity contribution is 0.273. The normalized spacial score (nSPS) is 21.4. The maximum Gasteiger partial charge on any atom is 0.227 e. The van der Waals surface area contributed by atoms with Crippen molar-refractivity contribution in [1.82, 2.24) is 10.1 Å². The first kappa shape index (κ1) is 17.0. The highest BCUT2D eigenvalue weighted by Crippen LogP contribution is 2.26. The van der Waals surface area contributed by atoms with Gasteiger partial charge in [-0.1, -0.05) is 49.2 Å². The molecule has 1 aliphatic rings. The summed E-state index contributed by atoms with van der Waals surface area (Å²) in [6, 6.07) is 8.61. The van der Waals surface area contributed by atoms with Gasteiger partial charge >= 0.3 is 0 Å². The van der Waals surface area contributed by atoms with Crippen LogP contribution in [0.2, 0.25) is 0 Å². The molecule has 2 unspecified atom stereocenters.